The number of rotatable bonds is 20. The number of hydrogen-bond donors (Lipinski definition) is 2. The molecule has 1 aliphatic rings. The van der Waals surface area contributed by atoms with E-state index in [0.717, 1.165) is 87.3 Å². The van der Waals surface area contributed by atoms with Crippen LogP contribution in [0.25, 0.3) is 0 Å². The van der Waals surface area contributed by atoms with E-state index < -0.39 is 8.56 Å². The first-order valence-corrected chi connectivity index (χ1v) is 24.5. The Balaban J connectivity index is 1.63. The molecule has 1 aliphatic carbocycles. The highest BCUT2D eigenvalue weighted by Gasteiger charge is 2.30. The molecule has 2 aromatic carbocycles. The lowest BCUT2D eigenvalue weighted by Crippen LogP contribution is -2.38. The van der Waals surface area contributed by atoms with Crippen molar-refractivity contribution in [3.8, 4) is 17.2 Å². The number of aliphatic imine (C=N–C) groups is 2. The van der Waals surface area contributed by atoms with Crippen LogP contribution in [0.5, 0.6) is 17.2 Å². The summed E-state index contributed by atoms with van der Waals surface area (Å²) in [5, 5.41) is 22.8. The molecule has 0 saturated heterocycles. The van der Waals surface area contributed by atoms with Gasteiger partial charge in [-0.3, -0.25) is 14.8 Å². The normalized spacial score (nSPS) is 17.2. The van der Waals surface area contributed by atoms with Crippen LogP contribution in [0.2, 0.25) is 12.6 Å². The second-order valence-corrected chi connectivity index (χ2v) is 22.7. The van der Waals surface area contributed by atoms with Crippen molar-refractivity contribution in [2.45, 2.75) is 201 Å². The molecule has 0 amide bonds. The van der Waals surface area contributed by atoms with Crippen molar-refractivity contribution < 1.29 is 28.6 Å². The predicted molar refractivity (Wildman–Crippen MR) is 240 cm³/mol. The third-order valence-corrected chi connectivity index (χ3v) is 14.2. The summed E-state index contributed by atoms with van der Waals surface area (Å²) in [5.74, 6) is 0.609. The van der Waals surface area contributed by atoms with Crippen LogP contribution >= 0.6 is 0 Å². The molecule has 0 aliphatic heterocycles. The highest BCUT2D eigenvalue weighted by molar-refractivity contribution is 6.66. The average Bonchev–Trinajstić information content (AvgIpc) is 3.11. The molecule has 0 bridgehead atoms. The molecule has 2 atom stereocenters. The van der Waals surface area contributed by atoms with Gasteiger partial charge in [0.15, 0.2) is 0 Å². The molecule has 320 valence electrons. The summed E-state index contributed by atoms with van der Waals surface area (Å²) in [5.41, 5.74) is 3.37. The Morgan fingerprint density at radius 2 is 1.14 bits per heavy atom. The van der Waals surface area contributed by atoms with Crippen molar-refractivity contribution in [2.75, 3.05) is 13.2 Å². The van der Waals surface area contributed by atoms with Crippen molar-refractivity contribution in [3.05, 3.63) is 52.1 Å². The summed E-state index contributed by atoms with van der Waals surface area (Å²) < 4.78 is 17.8. The number of hydrogen-bond acceptors (Lipinski definition) is 8. The van der Waals surface area contributed by atoms with E-state index in [-0.39, 0.29) is 45.8 Å². The van der Waals surface area contributed by atoms with E-state index in [4.69, 9.17) is 23.6 Å². The van der Waals surface area contributed by atoms with E-state index in [0.29, 0.717) is 23.3 Å². The van der Waals surface area contributed by atoms with Crippen LogP contribution in [0.3, 0.4) is 0 Å². The van der Waals surface area contributed by atoms with E-state index in [2.05, 4.69) is 60.2 Å². The summed E-state index contributed by atoms with van der Waals surface area (Å²) in [6.07, 6.45) is 16.7. The molecule has 0 aromatic heterocycles. The van der Waals surface area contributed by atoms with Crippen LogP contribution in [-0.2, 0) is 29.9 Å². The maximum atomic E-state index is 13.0. The Morgan fingerprint density at radius 3 is 1.61 bits per heavy atom. The average molecular weight is 807 g/mol. The number of carbonyl (C=O) groups is 1. The van der Waals surface area contributed by atoms with E-state index >= 15 is 0 Å². The minimum atomic E-state index is -2.01. The summed E-state index contributed by atoms with van der Waals surface area (Å²) in [4.78, 5) is 23.0. The van der Waals surface area contributed by atoms with Gasteiger partial charge < -0.3 is 23.8 Å². The molecule has 0 spiro atoms. The van der Waals surface area contributed by atoms with Crippen molar-refractivity contribution in [2.24, 2.45) is 9.98 Å². The fourth-order valence-electron chi connectivity index (χ4n) is 7.67. The molecule has 57 heavy (non-hydrogen) atoms. The highest BCUT2D eigenvalue weighted by Crippen LogP contribution is 2.39. The Hall–Kier alpha value is -3.01. The standard InChI is InChI=1S/C48H78N2O6Si/c1-13-54-57(12,55-14-2)28-24-20-18-16-15-17-19-21-27-43(51)56-38-30-36(45(53)40(32-38)48(9,10)11)34-50-42-26-23-22-25-41(42)49-33-35-29-37(46(3,4)5)31-39(44(35)52)47(6,7)8/h29-34,41-42,52-53H,13-28H2,1-12H3/b49-33+,50-34+/t41-,42-/m1/s1. The molecular formula is C48H78N2O6Si. The fraction of sp³-hybridized carbons (Fsp3) is 0.688. The van der Waals surface area contributed by atoms with E-state index in [1.165, 1.54) is 25.7 Å². The van der Waals surface area contributed by atoms with Gasteiger partial charge in [0.2, 0.25) is 0 Å². The molecule has 1 saturated carbocycles. The van der Waals surface area contributed by atoms with E-state index in [1.54, 1.807) is 18.3 Å². The van der Waals surface area contributed by atoms with Crippen molar-refractivity contribution in [1.29, 1.82) is 0 Å². The second kappa shape index (κ2) is 21.8. The van der Waals surface area contributed by atoms with Crippen LogP contribution in [0.15, 0.2) is 34.3 Å². The zero-order valence-corrected chi connectivity index (χ0v) is 38.9. The maximum absolute atomic E-state index is 13.0. The van der Waals surface area contributed by atoms with Crippen molar-refractivity contribution in [1.82, 2.24) is 0 Å². The highest BCUT2D eigenvalue weighted by atomic mass is 28.4. The lowest BCUT2D eigenvalue weighted by molar-refractivity contribution is -0.134. The smallest absolute Gasteiger partial charge is 0.334 e. The summed E-state index contributed by atoms with van der Waals surface area (Å²) >= 11 is 0. The third kappa shape index (κ3) is 15.6. The molecule has 2 N–H and O–H groups in total. The molecule has 2 aromatic rings. The van der Waals surface area contributed by atoms with Crippen molar-refractivity contribution >= 4 is 27.0 Å². The number of nitrogens with zero attached hydrogens (tertiary/aromatic N) is 2. The van der Waals surface area contributed by atoms with Crippen molar-refractivity contribution in [3.63, 3.8) is 0 Å². The lowest BCUT2D eigenvalue weighted by atomic mass is 9.79. The van der Waals surface area contributed by atoms with Crippen LogP contribution in [-0.4, -0.2) is 62.5 Å². The lowest BCUT2D eigenvalue weighted by Gasteiger charge is -2.28. The minimum absolute atomic E-state index is 0.0554. The largest absolute Gasteiger partial charge is 0.507 e. The van der Waals surface area contributed by atoms with E-state index in [9.17, 15) is 15.0 Å². The zero-order chi connectivity index (χ0) is 42.4. The van der Waals surface area contributed by atoms with Gasteiger partial charge in [-0.1, -0.05) is 126 Å². The number of ether oxygens (including phenoxy) is 1. The topological polar surface area (TPSA) is 110 Å². The third-order valence-electron chi connectivity index (χ3n) is 11.1. The number of unbranched alkanes of at least 4 members (excludes halogenated alkanes) is 7. The van der Waals surface area contributed by atoms with Gasteiger partial charge >= 0.3 is 14.5 Å². The Morgan fingerprint density at radius 1 is 0.684 bits per heavy atom. The molecule has 9 heteroatoms. The fourth-order valence-corrected chi connectivity index (χ4v) is 10.2. The first kappa shape index (κ1) is 48.4. The Kier molecular flexibility index (Phi) is 18.5. The quantitative estimate of drug-likeness (QED) is 0.0453. The second-order valence-electron chi connectivity index (χ2n) is 19.4. The van der Waals surface area contributed by atoms with Gasteiger partial charge in [-0.05, 0) is 85.7 Å². The van der Waals surface area contributed by atoms with Crippen LogP contribution in [0, 0.1) is 0 Å². The van der Waals surface area contributed by atoms with Crippen LogP contribution in [0.1, 0.15) is 187 Å². The Labute approximate surface area is 347 Å². The van der Waals surface area contributed by atoms with Gasteiger partial charge in [0, 0.05) is 54.3 Å². The summed E-state index contributed by atoms with van der Waals surface area (Å²) in [6.45, 7) is 26.7. The minimum Gasteiger partial charge on any atom is -0.507 e. The molecular weight excluding hydrogens is 729 g/mol. The first-order valence-electron chi connectivity index (χ1n) is 22.0. The number of aromatic hydroxyl groups is 2. The molecule has 8 nitrogen and oxygen atoms in total. The molecule has 0 radical (unpaired) electrons. The van der Waals surface area contributed by atoms with Gasteiger partial charge in [-0.15, -0.1) is 0 Å². The monoisotopic (exact) mass is 807 g/mol. The molecule has 0 heterocycles. The van der Waals surface area contributed by atoms with Gasteiger partial charge in [-0.25, -0.2) is 0 Å². The van der Waals surface area contributed by atoms with Gasteiger partial charge in [0.1, 0.15) is 17.2 Å². The molecule has 1 fully saturated rings. The number of benzene rings is 2. The number of phenols is 2. The number of carbonyl (C=O) groups excluding carboxylic acids is 1. The van der Waals surface area contributed by atoms with Crippen LogP contribution in [0.4, 0.5) is 0 Å². The predicted octanol–water partition coefficient (Wildman–Crippen LogP) is 12.4. The van der Waals surface area contributed by atoms with E-state index in [1.807, 2.05) is 40.8 Å². The Bertz CT molecular complexity index is 1630. The maximum Gasteiger partial charge on any atom is 0.334 e. The first-order chi connectivity index (χ1) is 26.7. The van der Waals surface area contributed by atoms with Gasteiger partial charge in [-0.2, -0.15) is 0 Å². The number of phenolic OH excluding ortho intramolecular Hbond substituents is 2. The SMILES string of the molecule is CCO[Si](C)(CCCCCCCCCCC(=O)Oc1cc(/C=N/[C@@H]2CCCC[C@H]2/N=C/c2cc(C(C)(C)C)cc(C(C)(C)C)c2O)c(O)c(C(C)(C)C)c1)OCC. The zero-order valence-electron chi connectivity index (χ0n) is 37.9. The van der Waals surface area contributed by atoms with Crippen LogP contribution < -0.4 is 4.74 Å². The summed E-state index contributed by atoms with van der Waals surface area (Å²) in [7, 11) is -2.01. The van der Waals surface area contributed by atoms with Gasteiger partial charge in [0.05, 0.1) is 12.1 Å². The molecule has 3 rings (SSSR count). The molecule has 0 unspecified atom stereocenters. The van der Waals surface area contributed by atoms with Gasteiger partial charge in [0.25, 0.3) is 0 Å². The summed E-state index contributed by atoms with van der Waals surface area (Å²) in [6, 6.07) is 8.62. The number of esters is 1.